The quantitative estimate of drug-likeness (QED) is 0.865. The molecule has 0 aliphatic carbocycles. The second kappa shape index (κ2) is 5.31. The molecule has 1 aliphatic heterocycles. The van der Waals surface area contributed by atoms with Crippen LogP contribution in [0.2, 0.25) is 0 Å². The Labute approximate surface area is 107 Å². The number of hydrogen-bond acceptors (Lipinski definition) is 4. The van der Waals surface area contributed by atoms with Crippen molar-refractivity contribution in [3.8, 4) is 0 Å². The van der Waals surface area contributed by atoms with Gasteiger partial charge in [-0.1, -0.05) is 6.07 Å². The first-order valence-corrected chi connectivity index (χ1v) is 6.65. The third-order valence-corrected chi connectivity index (χ3v) is 4.47. The van der Waals surface area contributed by atoms with Crippen molar-refractivity contribution in [3.05, 3.63) is 28.2 Å². The normalized spacial score (nSPS) is 15.9. The molecule has 1 aromatic rings. The van der Waals surface area contributed by atoms with E-state index >= 15 is 0 Å². The summed E-state index contributed by atoms with van der Waals surface area (Å²) in [6.07, 6.45) is 0. The fourth-order valence-electron chi connectivity index (χ4n) is 1.35. The highest BCUT2D eigenvalue weighted by molar-refractivity contribution is 9.10. The molecule has 1 heterocycles. The van der Waals surface area contributed by atoms with Crippen LogP contribution in [0.5, 0.6) is 0 Å². The summed E-state index contributed by atoms with van der Waals surface area (Å²) in [4.78, 5) is 12.5. The van der Waals surface area contributed by atoms with Crippen LogP contribution in [-0.4, -0.2) is 30.8 Å². The van der Waals surface area contributed by atoms with Gasteiger partial charge in [0.1, 0.15) is 0 Å². The number of benzene rings is 1. The molecule has 0 aromatic heterocycles. The molecule has 1 saturated heterocycles. The Morgan fingerprint density at radius 1 is 1.56 bits per heavy atom. The van der Waals surface area contributed by atoms with Gasteiger partial charge in [-0.3, -0.25) is 4.79 Å². The van der Waals surface area contributed by atoms with E-state index in [1.165, 1.54) is 0 Å². The van der Waals surface area contributed by atoms with E-state index in [0.717, 1.165) is 22.6 Å². The Morgan fingerprint density at radius 3 is 2.81 bits per heavy atom. The molecule has 1 aromatic carbocycles. The molecule has 2 rings (SSSR count). The maximum atomic E-state index is 11.4. The number of halogens is 1. The van der Waals surface area contributed by atoms with Gasteiger partial charge < -0.3 is 10.5 Å². The van der Waals surface area contributed by atoms with Gasteiger partial charge in [0.15, 0.2) is 5.78 Å². The second-order valence-electron chi connectivity index (χ2n) is 3.55. The molecule has 16 heavy (non-hydrogen) atoms. The molecule has 0 saturated carbocycles. The summed E-state index contributed by atoms with van der Waals surface area (Å²) in [7, 11) is 0. The van der Waals surface area contributed by atoms with Crippen molar-refractivity contribution in [1.82, 2.24) is 0 Å². The largest absolute Gasteiger partial charge is 0.379 e. The van der Waals surface area contributed by atoms with Crippen LogP contribution in [-0.2, 0) is 4.74 Å². The summed E-state index contributed by atoms with van der Waals surface area (Å²) in [6, 6.07) is 5.61. The minimum absolute atomic E-state index is 0.0378. The number of thioether (sulfide) groups is 1. The second-order valence-corrected chi connectivity index (χ2v) is 5.75. The topological polar surface area (TPSA) is 52.3 Å². The van der Waals surface area contributed by atoms with E-state index in [0.29, 0.717) is 10.8 Å². The van der Waals surface area contributed by atoms with Gasteiger partial charge in [0.05, 0.1) is 25.0 Å². The van der Waals surface area contributed by atoms with Crippen molar-refractivity contribution in [2.45, 2.75) is 10.1 Å². The van der Waals surface area contributed by atoms with Crippen LogP contribution < -0.4 is 5.73 Å². The Morgan fingerprint density at radius 2 is 2.31 bits per heavy atom. The standard InChI is InChI=1S/C11H12BrNO2S/c12-9-3-7(10(14)4-13)1-2-11(9)16-8-5-15-6-8/h1-3,8H,4-6,13H2. The number of rotatable bonds is 4. The Bertz CT molecular complexity index is 407. The number of carbonyl (C=O) groups excluding carboxylic acids is 1. The molecule has 0 amide bonds. The zero-order valence-electron chi connectivity index (χ0n) is 8.61. The molecule has 1 aliphatic rings. The first-order chi connectivity index (χ1) is 7.70. The summed E-state index contributed by atoms with van der Waals surface area (Å²) < 4.78 is 6.07. The van der Waals surface area contributed by atoms with E-state index in [1.54, 1.807) is 11.8 Å². The molecule has 0 spiro atoms. The maximum absolute atomic E-state index is 11.4. The lowest BCUT2D eigenvalue weighted by Gasteiger charge is -2.25. The molecule has 0 bridgehead atoms. The first kappa shape index (κ1) is 12.1. The third kappa shape index (κ3) is 2.66. The van der Waals surface area contributed by atoms with Crippen molar-refractivity contribution in [2.24, 2.45) is 5.73 Å². The van der Waals surface area contributed by atoms with E-state index in [1.807, 2.05) is 18.2 Å². The fourth-order valence-corrected chi connectivity index (χ4v) is 3.01. The minimum atomic E-state index is -0.0378. The zero-order chi connectivity index (χ0) is 11.5. The highest BCUT2D eigenvalue weighted by atomic mass is 79.9. The van der Waals surface area contributed by atoms with Crippen molar-refractivity contribution < 1.29 is 9.53 Å². The number of carbonyl (C=O) groups is 1. The third-order valence-electron chi connectivity index (χ3n) is 2.34. The SMILES string of the molecule is NCC(=O)c1ccc(SC2COC2)c(Br)c1. The lowest BCUT2D eigenvalue weighted by atomic mass is 10.1. The first-order valence-electron chi connectivity index (χ1n) is 4.98. The van der Waals surface area contributed by atoms with Crippen molar-refractivity contribution in [3.63, 3.8) is 0 Å². The molecule has 0 atom stereocenters. The van der Waals surface area contributed by atoms with Crippen LogP contribution in [0.1, 0.15) is 10.4 Å². The number of hydrogen-bond donors (Lipinski definition) is 1. The Kier molecular flexibility index (Phi) is 4.02. The van der Waals surface area contributed by atoms with E-state index < -0.39 is 0 Å². The summed E-state index contributed by atoms with van der Waals surface area (Å²) in [5.41, 5.74) is 5.97. The van der Waals surface area contributed by atoms with Crippen LogP contribution >= 0.6 is 27.7 Å². The number of Topliss-reactive ketones (excluding diaryl/α,β-unsaturated/α-hetero) is 1. The number of ether oxygens (including phenoxy) is 1. The molecule has 2 N–H and O–H groups in total. The van der Waals surface area contributed by atoms with Gasteiger partial charge in [-0.2, -0.15) is 0 Å². The molecule has 3 nitrogen and oxygen atoms in total. The molecular weight excluding hydrogens is 290 g/mol. The predicted octanol–water partition coefficient (Wildman–Crippen LogP) is 2.08. The van der Waals surface area contributed by atoms with Gasteiger partial charge >= 0.3 is 0 Å². The Balaban J connectivity index is 2.12. The van der Waals surface area contributed by atoms with Crippen LogP contribution in [0, 0.1) is 0 Å². The van der Waals surface area contributed by atoms with Gasteiger partial charge in [-0.15, -0.1) is 11.8 Å². The average Bonchev–Trinajstić information content (AvgIpc) is 2.23. The van der Waals surface area contributed by atoms with Crippen LogP contribution in [0.25, 0.3) is 0 Å². The maximum Gasteiger partial charge on any atom is 0.176 e. The van der Waals surface area contributed by atoms with Crippen LogP contribution in [0.4, 0.5) is 0 Å². The molecular formula is C11H12BrNO2S. The minimum Gasteiger partial charge on any atom is -0.379 e. The van der Waals surface area contributed by atoms with Gasteiger partial charge in [-0.05, 0) is 28.1 Å². The fraction of sp³-hybridized carbons (Fsp3) is 0.364. The number of ketones is 1. The smallest absolute Gasteiger partial charge is 0.176 e. The molecule has 5 heteroatoms. The summed E-state index contributed by atoms with van der Waals surface area (Å²) in [5.74, 6) is -0.0378. The van der Waals surface area contributed by atoms with E-state index in [-0.39, 0.29) is 12.3 Å². The molecule has 0 unspecified atom stereocenters. The van der Waals surface area contributed by atoms with Gasteiger partial charge in [0.2, 0.25) is 0 Å². The van der Waals surface area contributed by atoms with Crippen molar-refractivity contribution in [2.75, 3.05) is 19.8 Å². The molecule has 1 fully saturated rings. The summed E-state index contributed by atoms with van der Waals surface area (Å²) in [6.45, 7) is 1.66. The molecule has 86 valence electrons. The summed E-state index contributed by atoms with van der Waals surface area (Å²) >= 11 is 5.24. The van der Waals surface area contributed by atoms with Crippen LogP contribution in [0.15, 0.2) is 27.6 Å². The van der Waals surface area contributed by atoms with Crippen molar-refractivity contribution in [1.29, 1.82) is 0 Å². The summed E-state index contributed by atoms with van der Waals surface area (Å²) in [5, 5.41) is 0.535. The monoisotopic (exact) mass is 301 g/mol. The van der Waals surface area contributed by atoms with Gasteiger partial charge in [0.25, 0.3) is 0 Å². The van der Waals surface area contributed by atoms with Crippen LogP contribution in [0.3, 0.4) is 0 Å². The van der Waals surface area contributed by atoms with E-state index in [4.69, 9.17) is 10.5 Å². The zero-order valence-corrected chi connectivity index (χ0v) is 11.0. The van der Waals surface area contributed by atoms with E-state index in [2.05, 4.69) is 15.9 Å². The highest BCUT2D eigenvalue weighted by Gasteiger charge is 2.20. The number of nitrogens with two attached hydrogens (primary N) is 1. The Hall–Kier alpha value is -0.360. The van der Waals surface area contributed by atoms with Gasteiger partial charge in [0, 0.05) is 14.9 Å². The lowest BCUT2D eigenvalue weighted by molar-refractivity contribution is 0.0455. The van der Waals surface area contributed by atoms with Gasteiger partial charge in [-0.25, -0.2) is 0 Å². The van der Waals surface area contributed by atoms with Crippen molar-refractivity contribution >= 4 is 33.5 Å². The average molecular weight is 302 g/mol. The molecule has 0 radical (unpaired) electrons. The highest BCUT2D eigenvalue weighted by Crippen LogP contribution is 2.34. The lowest BCUT2D eigenvalue weighted by Crippen LogP contribution is -2.30. The predicted molar refractivity (Wildman–Crippen MR) is 68.0 cm³/mol. The van der Waals surface area contributed by atoms with E-state index in [9.17, 15) is 4.79 Å².